The van der Waals surface area contributed by atoms with E-state index < -0.39 is 17.0 Å². The Kier molecular flexibility index (Phi) is 11.3. The highest BCUT2D eigenvalue weighted by atomic mass is 19.2. The number of carbonyl (C=O) groups excluding carboxylic acids is 1. The largest absolute Gasteiger partial charge is 0.299 e. The van der Waals surface area contributed by atoms with Gasteiger partial charge in [0.25, 0.3) is 0 Å². The average molecular weight is 472 g/mol. The molecule has 2 aromatic carbocycles. The first kappa shape index (κ1) is 27.6. The minimum absolute atomic E-state index is 0.235. The first-order valence-electron chi connectivity index (χ1n) is 12.4. The van der Waals surface area contributed by atoms with E-state index in [1.165, 1.54) is 37.5 Å². The molecular formula is C29H36F3NO. The molecule has 2 aliphatic rings. The van der Waals surface area contributed by atoms with E-state index in [-0.39, 0.29) is 11.7 Å². The van der Waals surface area contributed by atoms with Crippen molar-refractivity contribution in [3.05, 3.63) is 71.5 Å². The van der Waals surface area contributed by atoms with E-state index in [0.717, 1.165) is 57.1 Å². The monoisotopic (exact) mass is 471 g/mol. The first-order chi connectivity index (χ1) is 16.3. The van der Waals surface area contributed by atoms with E-state index >= 15 is 0 Å². The summed E-state index contributed by atoms with van der Waals surface area (Å²) in [4.78, 5) is 11.5. The predicted molar refractivity (Wildman–Crippen MR) is 130 cm³/mol. The average Bonchev–Trinajstić information content (AvgIpc) is 2.87. The molecule has 0 unspecified atom stereocenters. The number of hydrogen-bond acceptors (Lipinski definition) is 2. The van der Waals surface area contributed by atoms with Crippen LogP contribution in [0.5, 0.6) is 0 Å². The molecule has 0 spiro atoms. The van der Waals surface area contributed by atoms with Gasteiger partial charge in [0, 0.05) is 17.4 Å². The molecule has 4 rings (SSSR count). The molecule has 2 nitrogen and oxygen atoms in total. The van der Waals surface area contributed by atoms with Crippen LogP contribution in [0.15, 0.2) is 48.5 Å². The third kappa shape index (κ3) is 8.01. The summed E-state index contributed by atoms with van der Waals surface area (Å²) in [6.45, 7) is 4.02. The Hall–Kier alpha value is -2.61. The Morgan fingerprint density at radius 1 is 0.824 bits per heavy atom. The highest BCUT2D eigenvalue weighted by molar-refractivity contribution is 5.82. The molecule has 2 saturated carbocycles. The maximum absolute atomic E-state index is 13.7. The van der Waals surface area contributed by atoms with E-state index in [4.69, 9.17) is 0 Å². The number of Topliss-reactive ketones (excluding diaryl/α,β-unsaturated/α-hetero) is 1. The molecule has 2 aromatic rings. The van der Waals surface area contributed by atoms with Gasteiger partial charge in [-0.2, -0.15) is 5.26 Å². The predicted octanol–water partition coefficient (Wildman–Crippen LogP) is 8.31. The van der Waals surface area contributed by atoms with E-state index in [1.54, 1.807) is 12.1 Å². The van der Waals surface area contributed by atoms with Crippen molar-refractivity contribution in [1.29, 1.82) is 5.26 Å². The van der Waals surface area contributed by atoms with Gasteiger partial charge in [0.15, 0.2) is 11.6 Å². The first-order valence-corrected chi connectivity index (χ1v) is 12.4. The zero-order valence-corrected chi connectivity index (χ0v) is 20.3. The van der Waals surface area contributed by atoms with Crippen molar-refractivity contribution in [2.45, 2.75) is 83.5 Å². The lowest BCUT2D eigenvalue weighted by Crippen LogP contribution is -2.28. The van der Waals surface area contributed by atoms with Crippen LogP contribution in [0.2, 0.25) is 0 Å². The van der Waals surface area contributed by atoms with E-state index in [0.29, 0.717) is 17.3 Å². The van der Waals surface area contributed by atoms with Crippen molar-refractivity contribution in [2.24, 2.45) is 11.8 Å². The molecule has 2 aliphatic carbocycles. The van der Waals surface area contributed by atoms with Gasteiger partial charge < -0.3 is 0 Å². The normalized spacial score (nSPS) is 17.4. The lowest BCUT2D eigenvalue weighted by atomic mass is 9.70. The van der Waals surface area contributed by atoms with Crippen LogP contribution in [0, 0.1) is 40.6 Å². The molecule has 0 N–H and O–H groups in total. The lowest BCUT2D eigenvalue weighted by Gasteiger charge is -2.31. The lowest BCUT2D eigenvalue weighted by molar-refractivity contribution is -0.126. The third-order valence-electron chi connectivity index (χ3n) is 6.71. The van der Waals surface area contributed by atoms with Gasteiger partial charge in [-0.1, -0.05) is 82.7 Å². The van der Waals surface area contributed by atoms with Crippen molar-refractivity contribution < 1.29 is 18.0 Å². The van der Waals surface area contributed by atoms with Crippen LogP contribution in [0.25, 0.3) is 0 Å². The summed E-state index contributed by atoms with van der Waals surface area (Å²) in [6.07, 6.45) is 11.0. The summed E-state index contributed by atoms with van der Waals surface area (Å²) < 4.78 is 37.5. The molecule has 184 valence electrons. The van der Waals surface area contributed by atoms with Crippen LogP contribution < -0.4 is 0 Å². The number of carbonyl (C=O) groups is 1. The Morgan fingerprint density at radius 3 is 1.74 bits per heavy atom. The maximum atomic E-state index is 13.7. The van der Waals surface area contributed by atoms with Gasteiger partial charge >= 0.3 is 0 Å². The maximum Gasteiger partial charge on any atom is 0.158 e. The van der Waals surface area contributed by atoms with Crippen LogP contribution in [-0.2, 0) is 10.2 Å². The number of hydrogen-bond donors (Lipinski definition) is 0. The minimum Gasteiger partial charge on any atom is -0.299 e. The van der Waals surface area contributed by atoms with Gasteiger partial charge in [0.1, 0.15) is 11.6 Å². The summed E-state index contributed by atoms with van der Waals surface area (Å²) in [6, 6.07) is 14.1. The molecule has 34 heavy (non-hydrogen) atoms. The van der Waals surface area contributed by atoms with Crippen LogP contribution in [0.4, 0.5) is 13.2 Å². The highest BCUT2D eigenvalue weighted by Crippen LogP contribution is 2.39. The second kappa shape index (κ2) is 13.9. The molecule has 0 radical (unpaired) electrons. The molecule has 0 amide bonds. The van der Waals surface area contributed by atoms with E-state index in [1.807, 2.05) is 19.9 Å². The van der Waals surface area contributed by atoms with Gasteiger partial charge in [-0.25, -0.2) is 13.2 Å². The number of benzene rings is 2. The molecular weight excluding hydrogens is 435 g/mol. The molecule has 0 heterocycles. The number of nitrogens with zero attached hydrogens (tertiary/aromatic N) is 1. The minimum atomic E-state index is -0.799. The fourth-order valence-corrected chi connectivity index (χ4v) is 4.74. The molecule has 0 aromatic heterocycles. The second-order valence-electron chi connectivity index (χ2n) is 9.54. The summed E-state index contributed by atoms with van der Waals surface area (Å²) in [5.74, 6) is -0.687. The molecule has 0 atom stereocenters. The van der Waals surface area contributed by atoms with Crippen molar-refractivity contribution in [1.82, 2.24) is 0 Å². The zero-order valence-electron chi connectivity index (χ0n) is 20.3. The second-order valence-corrected chi connectivity index (χ2v) is 9.54. The number of nitriles is 1. The van der Waals surface area contributed by atoms with Crippen molar-refractivity contribution in [3.63, 3.8) is 0 Å². The van der Waals surface area contributed by atoms with Crippen LogP contribution in [0.3, 0.4) is 0 Å². The van der Waals surface area contributed by atoms with Gasteiger partial charge in [0.2, 0.25) is 0 Å². The standard InChI is InChI=1S/C13H14FN.C10H18O.C6H4F2/c14-12-7-3-2-6-11(12)13(10-15)8-4-1-5-9-13;1-8(2)10(11)9-6-4-3-5-7-9;7-5-3-1-2-4-6(5)8/h2-3,6-7H,1,4-5,8-9H2;8-9H,3-7H2,1-2H3;1-4H. The summed E-state index contributed by atoms with van der Waals surface area (Å²) >= 11 is 0. The van der Waals surface area contributed by atoms with Crippen molar-refractivity contribution >= 4 is 5.78 Å². The Morgan fingerprint density at radius 2 is 1.29 bits per heavy atom. The van der Waals surface area contributed by atoms with Crippen molar-refractivity contribution in [3.8, 4) is 6.07 Å². The van der Waals surface area contributed by atoms with Crippen LogP contribution in [0.1, 0.15) is 83.6 Å². The zero-order chi connectivity index (χ0) is 25.0. The highest BCUT2D eigenvalue weighted by Gasteiger charge is 2.35. The molecule has 5 heteroatoms. The third-order valence-corrected chi connectivity index (χ3v) is 6.71. The quantitative estimate of drug-likeness (QED) is 0.452. The number of ketones is 1. The SMILES string of the molecule is CC(C)C(=O)C1CCCCC1.Fc1ccccc1F.N#CC1(c2ccccc2F)CCCCC1. The molecule has 2 fully saturated rings. The van der Waals surface area contributed by atoms with Gasteiger partial charge in [0.05, 0.1) is 11.5 Å². The van der Waals surface area contributed by atoms with Gasteiger partial charge in [-0.05, 0) is 43.9 Å². The summed E-state index contributed by atoms with van der Waals surface area (Å²) in [7, 11) is 0. The van der Waals surface area contributed by atoms with Gasteiger partial charge in [-0.3, -0.25) is 4.79 Å². The molecule has 0 bridgehead atoms. The van der Waals surface area contributed by atoms with Gasteiger partial charge in [-0.15, -0.1) is 0 Å². The van der Waals surface area contributed by atoms with Crippen LogP contribution in [-0.4, -0.2) is 5.78 Å². The summed E-state index contributed by atoms with van der Waals surface area (Å²) in [5, 5.41) is 9.30. The fourth-order valence-electron chi connectivity index (χ4n) is 4.74. The Labute approximate surface area is 202 Å². The van der Waals surface area contributed by atoms with E-state index in [2.05, 4.69) is 6.07 Å². The van der Waals surface area contributed by atoms with Crippen molar-refractivity contribution in [2.75, 3.05) is 0 Å². The topological polar surface area (TPSA) is 40.9 Å². The fraction of sp³-hybridized carbons (Fsp3) is 0.517. The molecule has 0 saturated heterocycles. The number of rotatable bonds is 3. The summed E-state index contributed by atoms with van der Waals surface area (Å²) in [5.41, 5.74) is 0.0241. The Balaban J connectivity index is 0.000000190. The Bertz CT molecular complexity index is 917. The molecule has 0 aliphatic heterocycles. The number of halogens is 3. The van der Waals surface area contributed by atoms with Crippen LogP contribution >= 0.6 is 0 Å². The van der Waals surface area contributed by atoms with E-state index in [9.17, 15) is 23.2 Å². The smallest absolute Gasteiger partial charge is 0.158 e.